The summed E-state index contributed by atoms with van der Waals surface area (Å²) in [5, 5.41) is 0. The molecule has 0 radical (unpaired) electrons. The summed E-state index contributed by atoms with van der Waals surface area (Å²) in [7, 11) is 4.22. The van der Waals surface area contributed by atoms with Gasteiger partial charge in [-0.05, 0) is 45.5 Å². The first-order valence-corrected chi connectivity index (χ1v) is 6.30. The fraction of sp³-hybridized carbons (Fsp3) is 0.533. The predicted molar refractivity (Wildman–Crippen MR) is 73.9 cm³/mol. The van der Waals surface area contributed by atoms with Crippen LogP contribution >= 0.6 is 0 Å². The van der Waals surface area contributed by atoms with Gasteiger partial charge in [0.25, 0.3) is 0 Å². The van der Waals surface area contributed by atoms with Crippen molar-refractivity contribution in [3.8, 4) is 0 Å². The third-order valence-electron chi connectivity index (χ3n) is 3.18. The monoisotopic (exact) mass is 230 g/mol. The van der Waals surface area contributed by atoms with Crippen LogP contribution in [0.15, 0.2) is 29.3 Å². The summed E-state index contributed by atoms with van der Waals surface area (Å²) in [6.07, 6.45) is 2.09. The van der Waals surface area contributed by atoms with Crippen molar-refractivity contribution in [2.45, 2.75) is 32.2 Å². The molecule has 0 aliphatic carbocycles. The Labute approximate surface area is 104 Å². The molecule has 0 spiro atoms. The van der Waals surface area contributed by atoms with E-state index in [1.165, 1.54) is 16.8 Å². The molecule has 0 N–H and O–H groups in total. The van der Waals surface area contributed by atoms with Gasteiger partial charge in [-0.25, -0.2) is 0 Å². The molecule has 0 fully saturated rings. The zero-order valence-corrected chi connectivity index (χ0v) is 11.3. The summed E-state index contributed by atoms with van der Waals surface area (Å²) in [6.45, 7) is 5.50. The van der Waals surface area contributed by atoms with E-state index in [9.17, 15) is 0 Å². The second kappa shape index (κ2) is 4.61. The van der Waals surface area contributed by atoms with E-state index >= 15 is 0 Å². The highest BCUT2D eigenvalue weighted by molar-refractivity contribution is 6.03. The van der Waals surface area contributed by atoms with Gasteiger partial charge >= 0.3 is 0 Å². The Hall–Kier alpha value is -1.15. The molecule has 0 bridgehead atoms. The average Bonchev–Trinajstić information content (AvgIpc) is 2.24. The van der Waals surface area contributed by atoms with Crippen LogP contribution in [0, 0.1) is 0 Å². The molecule has 0 saturated carbocycles. The highest BCUT2D eigenvalue weighted by atomic mass is 15.0. The molecule has 2 heteroatoms. The minimum atomic E-state index is 0.0516. The number of aliphatic imine (C=N–C) groups is 1. The number of fused-ring (bicyclic) bond motifs is 1. The zero-order chi connectivity index (χ0) is 12.5. The standard InChI is InChI=1S/C15H22N2/c1-15(2)11-12-7-5-6-8-13(12)14(16-15)9-10-17(3)4/h5-8H,9-11H2,1-4H3. The number of benzene rings is 1. The van der Waals surface area contributed by atoms with E-state index < -0.39 is 0 Å². The van der Waals surface area contributed by atoms with Crippen molar-refractivity contribution in [2.75, 3.05) is 20.6 Å². The lowest BCUT2D eigenvalue weighted by Crippen LogP contribution is -2.30. The van der Waals surface area contributed by atoms with E-state index in [0.717, 1.165) is 19.4 Å². The predicted octanol–water partition coefficient (Wildman–Crippen LogP) is 2.76. The van der Waals surface area contributed by atoms with Crippen LogP contribution in [0.25, 0.3) is 0 Å². The third-order valence-corrected chi connectivity index (χ3v) is 3.18. The molecule has 2 nitrogen and oxygen atoms in total. The first kappa shape index (κ1) is 12.3. The van der Waals surface area contributed by atoms with Gasteiger partial charge in [0.15, 0.2) is 0 Å². The van der Waals surface area contributed by atoms with E-state index in [-0.39, 0.29) is 5.54 Å². The quantitative estimate of drug-likeness (QED) is 0.779. The lowest BCUT2D eigenvalue weighted by Gasteiger charge is -2.29. The first-order valence-electron chi connectivity index (χ1n) is 6.30. The summed E-state index contributed by atoms with van der Waals surface area (Å²) in [4.78, 5) is 7.13. The highest BCUT2D eigenvalue weighted by Gasteiger charge is 2.25. The maximum Gasteiger partial charge on any atom is 0.0596 e. The van der Waals surface area contributed by atoms with Crippen LogP contribution in [0.4, 0.5) is 0 Å². The van der Waals surface area contributed by atoms with Gasteiger partial charge in [-0.3, -0.25) is 4.99 Å². The number of hydrogen-bond acceptors (Lipinski definition) is 2. The zero-order valence-electron chi connectivity index (χ0n) is 11.3. The normalized spacial score (nSPS) is 17.8. The average molecular weight is 230 g/mol. The molecular formula is C15H22N2. The lowest BCUT2D eigenvalue weighted by atomic mass is 9.86. The van der Waals surface area contributed by atoms with Gasteiger partial charge in [-0.1, -0.05) is 24.3 Å². The topological polar surface area (TPSA) is 15.6 Å². The van der Waals surface area contributed by atoms with Crippen LogP contribution in [-0.4, -0.2) is 36.8 Å². The van der Waals surface area contributed by atoms with Gasteiger partial charge in [0.1, 0.15) is 0 Å². The minimum absolute atomic E-state index is 0.0516. The van der Waals surface area contributed by atoms with Crippen molar-refractivity contribution in [3.63, 3.8) is 0 Å². The molecule has 1 aromatic rings. The van der Waals surface area contributed by atoms with Gasteiger partial charge < -0.3 is 4.90 Å². The van der Waals surface area contributed by atoms with Crippen molar-refractivity contribution in [2.24, 2.45) is 4.99 Å². The molecule has 1 heterocycles. The Morgan fingerprint density at radius 1 is 1.24 bits per heavy atom. The Morgan fingerprint density at radius 3 is 2.65 bits per heavy atom. The summed E-state index contributed by atoms with van der Waals surface area (Å²) in [5.74, 6) is 0. The molecule has 17 heavy (non-hydrogen) atoms. The van der Waals surface area contributed by atoms with Crippen molar-refractivity contribution < 1.29 is 0 Å². The van der Waals surface area contributed by atoms with Gasteiger partial charge in [0.05, 0.1) is 5.54 Å². The number of hydrogen-bond donors (Lipinski definition) is 0. The second-order valence-electron chi connectivity index (χ2n) is 5.76. The maximum atomic E-state index is 4.92. The van der Waals surface area contributed by atoms with Gasteiger partial charge in [-0.2, -0.15) is 0 Å². The van der Waals surface area contributed by atoms with Crippen LogP contribution in [0.3, 0.4) is 0 Å². The van der Waals surface area contributed by atoms with E-state index in [4.69, 9.17) is 4.99 Å². The summed E-state index contributed by atoms with van der Waals surface area (Å²) < 4.78 is 0. The van der Waals surface area contributed by atoms with E-state index in [1.807, 2.05) is 0 Å². The SMILES string of the molecule is CN(C)CCC1=NC(C)(C)Cc2ccccc21. The van der Waals surface area contributed by atoms with Gasteiger partial charge in [-0.15, -0.1) is 0 Å². The molecule has 1 aromatic carbocycles. The van der Waals surface area contributed by atoms with Crippen LogP contribution < -0.4 is 0 Å². The smallest absolute Gasteiger partial charge is 0.0596 e. The molecule has 0 atom stereocenters. The van der Waals surface area contributed by atoms with E-state index in [2.05, 4.69) is 57.1 Å². The van der Waals surface area contributed by atoms with Crippen LogP contribution in [0.2, 0.25) is 0 Å². The third kappa shape index (κ3) is 2.95. The fourth-order valence-corrected chi connectivity index (χ4v) is 2.41. The van der Waals surface area contributed by atoms with Crippen LogP contribution in [-0.2, 0) is 6.42 Å². The molecule has 0 aromatic heterocycles. The van der Waals surface area contributed by atoms with Crippen LogP contribution in [0.1, 0.15) is 31.4 Å². The van der Waals surface area contributed by atoms with Crippen molar-refractivity contribution in [3.05, 3.63) is 35.4 Å². The van der Waals surface area contributed by atoms with E-state index in [0.29, 0.717) is 0 Å². The van der Waals surface area contributed by atoms with Crippen molar-refractivity contribution in [1.29, 1.82) is 0 Å². The molecule has 1 aliphatic heterocycles. The molecule has 92 valence electrons. The molecule has 2 rings (SSSR count). The van der Waals surface area contributed by atoms with Crippen molar-refractivity contribution >= 4 is 5.71 Å². The maximum absolute atomic E-state index is 4.92. The molecule has 0 saturated heterocycles. The molecule has 0 unspecified atom stereocenters. The Kier molecular flexibility index (Phi) is 3.34. The fourth-order valence-electron chi connectivity index (χ4n) is 2.41. The Morgan fingerprint density at radius 2 is 1.94 bits per heavy atom. The Balaban J connectivity index is 2.30. The second-order valence-corrected chi connectivity index (χ2v) is 5.76. The molecule has 1 aliphatic rings. The first-order chi connectivity index (χ1) is 7.98. The van der Waals surface area contributed by atoms with Gasteiger partial charge in [0, 0.05) is 18.7 Å². The molecular weight excluding hydrogens is 208 g/mol. The van der Waals surface area contributed by atoms with Crippen LogP contribution in [0.5, 0.6) is 0 Å². The highest BCUT2D eigenvalue weighted by Crippen LogP contribution is 2.27. The van der Waals surface area contributed by atoms with Crippen molar-refractivity contribution in [1.82, 2.24) is 4.90 Å². The van der Waals surface area contributed by atoms with E-state index in [1.54, 1.807) is 0 Å². The number of rotatable bonds is 3. The number of nitrogens with zero attached hydrogens (tertiary/aromatic N) is 2. The lowest BCUT2D eigenvalue weighted by molar-refractivity contribution is 0.419. The van der Waals surface area contributed by atoms with Gasteiger partial charge in [0.2, 0.25) is 0 Å². The summed E-state index contributed by atoms with van der Waals surface area (Å²) >= 11 is 0. The summed E-state index contributed by atoms with van der Waals surface area (Å²) in [5.41, 5.74) is 4.12. The Bertz CT molecular complexity index is 430. The minimum Gasteiger partial charge on any atom is -0.309 e. The largest absolute Gasteiger partial charge is 0.309 e. The molecule has 0 amide bonds. The summed E-state index contributed by atoms with van der Waals surface area (Å²) in [6, 6.07) is 8.69.